The van der Waals surface area contributed by atoms with Gasteiger partial charge in [-0.05, 0) is 31.5 Å². The van der Waals surface area contributed by atoms with Crippen LogP contribution in [0.2, 0.25) is 0 Å². The summed E-state index contributed by atoms with van der Waals surface area (Å²) in [5.41, 5.74) is 1.28. The first kappa shape index (κ1) is 17.5. The first-order chi connectivity index (χ1) is 13.0. The quantitative estimate of drug-likeness (QED) is 0.677. The number of pyridine rings is 1. The number of thiazole rings is 2. The molecule has 0 aliphatic carbocycles. The molecule has 27 heavy (non-hydrogen) atoms. The summed E-state index contributed by atoms with van der Waals surface area (Å²) < 4.78 is 0. The van der Waals surface area contributed by atoms with E-state index in [0.29, 0.717) is 21.3 Å². The molecule has 136 valence electrons. The van der Waals surface area contributed by atoms with Crippen molar-refractivity contribution in [1.29, 1.82) is 0 Å². The Morgan fingerprint density at radius 3 is 2.56 bits per heavy atom. The fraction of sp³-hybridized carbons (Fsp3) is 0.167. The molecule has 1 unspecified atom stereocenters. The molecule has 3 aromatic heterocycles. The molecule has 0 radical (unpaired) electrons. The molecule has 0 spiro atoms. The van der Waals surface area contributed by atoms with Gasteiger partial charge in [0, 0.05) is 24.0 Å². The second kappa shape index (κ2) is 6.67. The van der Waals surface area contributed by atoms with E-state index in [2.05, 4.69) is 15.0 Å². The van der Waals surface area contributed by atoms with Crippen molar-refractivity contribution in [3.05, 3.63) is 68.6 Å². The van der Waals surface area contributed by atoms with Gasteiger partial charge in [-0.3, -0.25) is 19.5 Å². The van der Waals surface area contributed by atoms with Crippen LogP contribution in [0.5, 0.6) is 0 Å². The SMILES string of the molecule is Cc1nc(C)c(C(=O)C2=C(O)C(=O)N(c3nccs3)C2c2ccncc2)s1. The van der Waals surface area contributed by atoms with E-state index in [1.54, 1.807) is 43.0 Å². The number of aromatic nitrogens is 3. The van der Waals surface area contributed by atoms with Gasteiger partial charge in [0.05, 0.1) is 27.2 Å². The standard InChI is InChI=1S/C18H14N4O3S2/c1-9-16(27-10(2)21-9)14(23)12-13(11-3-5-19-6-4-11)22(17(25)15(12)24)18-20-7-8-26-18/h3-8,13,24H,1-2H3. The fourth-order valence-electron chi connectivity index (χ4n) is 3.09. The Morgan fingerprint density at radius 2 is 1.96 bits per heavy atom. The second-order valence-corrected chi connectivity index (χ2v) is 7.99. The van der Waals surface area contributed by atoms with Gasteiger partial charge < -0.3 is 5.11 Å². The van der Waals surface area contributed by atoms with Crippen molar-refractivity contribution < 1.29 is 14.7 Å². The second-order valence-electron chi connectivity index (χ2n) is 5.91. The zero-order chi connectivity index (χ0) is 19.1. The summed E-state index contributed by atoms with van der Waals surface area (Å²) in [6.07, 6.45) is 4.74. The molecule has 1 aliphatic heterocycles. The number of carbonyl (C=O) groups is 2. The molecular formula is C18H14N4O3S2. The van der Waals surface area contributed by atoms with Gasteiger partial charge in [0.15, 0.2) is 10.9 Å². The highest BCUT2D eigenvalue weighted by atomic mass is 32.1. The number of aryl methyl sites for hydroxylation is 2. The molecule has 1 amide bonds. The molecule has 0 bridgehead atoms. The van der Waals surface area contributed by atoms with Crippen LogP contribution in [-0.2, 0) is 4.79 Å². The molecule has 0 fully saturated rings. The fourth-order valence-corrected chi connectivity index (χ4v) is 4.64. The van der Waals surface area contributed by atoms with Crippen molar-refractivity contribution in [2.24, 2.45) is 0 Å². The number of anilines is 1. The molecule has 1 aliphatic rings. The van der Waals surface area contributed by atoms with Crippen LogP contribution in [0.25, 0.3) is 0 Å². The van der Waals surface area contributed by atoms with Gasteiger partial charge in [-0.15, -0.1) is 22.7 Å². The summed E-state index contributed by atoms with van der Waals surface area (Å²) in [6, 6.07) is 2.66. The van der Waals surface area contributed by atoms with E-state index < -0.39 is 23.5 Å². The molecule has 4 heterocycles. The van der Waals surface area contributed by atoms with Gasteiger partial charge in [-0.1, -0.05) is 0 Å². The van der Waals surface area contributed by atoms with Crippen LogP contribution in [0.15, 0.2) is 47.4 Å². The van der Waals surface area contributed by atoms with Crippen molar-refractivity contribution in [2.75, 3.05) is 4.90 Å². The highest BCUT2D eigenvalue weighted by Gasteiger charge is 2.46. The maximum Gasteiger partial charge on any atom is 0.296 e. The van der Waals surface area contributed by atoms with Crippen LogP contribution in [0, 0.1) is 13.8 Å². The zero-order valence-electron chi connectivity index (χ0n) is 14.4. The topological polar surface area (TPSA) is 96.3 Å². The Bertz CT molecular complexity index is 1060. The summed E-state index contributed by atoms with van der Waals surface area (Å²) in [5.74, 6) is -1.60. The number of hydrogen-bond acceptors (Lipinski definition) is 8. The van der Waals surface area contributed by atoms with E-state index in [0.717, 1.165) is 5.01 Å². The van der Waals surface area contributed by atoms with Gasteiger partial charge in [-0.25, -0.2) is 9.97 Å². The number of aliphatic hydroxyl groups is 1. The highest BCUT2D eigenvalue weighted by Crippen LogP contribution is 2.43. The predicted molar refractivity (Wildman–Crippen MR) is 102 cm³/mol. The Balaban J connectivity index is 1.88. The number of amides is 1. The van der Waals surface area contributed by atoms with Crippen molar-refractivity contribution in [3.8, 4) is 0 Å². The Morgan fingerprint density at radius 1 is 1.22 bits per heavy atom. The van der Waals surface area contributed by atoms with Crippen molar-refractivity contribution in [1.82, 2.24) is 15.0 Å². The lowest BCUT2D eigenvalue weighted by atomic mass is 9.96. The molecule has 0 aromatic carbocycles. The van der Waals surface area contributed by atoms with Crippen molar-refractivity contribution in [2.45, 2.75) is 19.9 Å². The average molecular weight is 398 g/mol. The molecule has 0 saturated heterocycles. The highest BCUT2D eigenvalue weighted by molar-refractivity contribution is 7.14. The first-order valence-electron chi connectivity index (χ1n) is 8.04. The van der Waals surface area contributed by atoms with Crippen molar-refractivity contribution in [3.63, 3.8) is 0 Å². The molecular weight excluding hydrogens is 384 g/mol. The maximum atomic E-state index is 13.3. The normalized spacial score (nSPS) is 17.0. The summed E-state index contributed by atoms with van der Waals surface area (Å²) in [4.78, 5) is 40.4. The molecule has 7 nitrogen and oxygen atoms in total. The minimum absolute atomic E-state index is 0.0353. The Labute approximate surface area is 162 Å². The minimum Gasteiger partial charge on any atom is -0.503 e. The van der Waals surface area contributed by atoms with E-state index in [1.807, 2.05) is 6.92 Å². The number of Topliss-reactive ketones (excluding diaryl/α,β-unsaturated/α-hetero) is 1. The monoisotopic (exact) mass is 398 g/mol. The number of rotatable bonds is 4. The smallest absolute Gasteiger partial charge is 0.296 e. The van der Waals surface area contributed by atoms with Crippen LogP contribution >= 0.6 is 22.7 Å². The summed E-state index contributed by atoms with van der Waals surface area (Å²) in [7, 11) is 0. The minimum atomic E-state index is -0.777. The number of ketones is 1. The zero-order valence-corrected chi connectivity index (χ0v) is 16.0. The molecule has 9 heteroatoms. The van der Waals surface area contributed by atoms with Gasteiger partial charge >= 0.3 is 0 Å². The maximum absolute atomic E-state index is 13.3. The van der Waals surface area contributed by atoms with Crippen LogP contribution in [-0.4, -0.2) is 31.7 Å². The van der Waals surface area contributed by atoms with Gasteiger partial charge in [0.25, 0.3) is 5.91 Å². The van der Waals surface area contributed by atoms with Gasteiger partial charge in [0.1, 0.15) is 0 Å². The summed E-state index contributed by atoms with van der Waals surface area (Å²) in [5, 5.41) is 13.5. The number of carbonyl (C=O) groups excluding carboxylic acids is 2. The summed E-state index contributed by atoms with van der Waals surface area (Å²) in [6.45, 7) is 3.55. The van der Waals surface area contributed by atoms with Gasteiger partial charge in [0.2, 0.25) is 5.78 Å². The van der Waals surface area contributed by atoms with Crippen molar-refractivity contribution >= 4 is 39.5 Å². The van der Waals surface area contributed by atoms with E-state index in [9.17, 15) is 14.7 Å². The predicted octanol–water partition coefficient (Wildman–Crippen LogP) is 3.39. The van der Waals surface area contributed by atoms with Crippen LogP contribution in [0.3, 0.4) is 0 Å². The van der Waals surface area contributed by atoms with E-state index in [1.165, 1.54) is 27.6 Å². The third-order valence-corrected chi connectivity index (χ3v) is 6.05. The van der Waals surface area contributed by atoms with Crippen LogP contribution in [0.1, 0.15) is 32.0 Å². The lowest BCUT2D eigenvalue weighted by Gasteiger charge is -2.24. The molecule has 3 aromatic rings. The largest absolute Gasteiger partial charge is 0.503 e. The first-order valence-corrected chi connectivity index (χ1v) is 9.73. The van der Waals surface area contributed by atoms with Crippen LogP contribution < -0.4 is 4.90 Å². The van der Waals surface area contributed by atoms with Crippen LogP contribution in [0.4, 0.5) is 5.13 Å². The van der Waals surface area contributed by atoms with E-state index in [-0.39, 0.29) is 5.57 Å². The molecule has 1 N–H and O–H groups in total. The van der Waals surface area contributed by atoms with E-state index >= 15 is 0 Å². The third-order valence-electron chi connectivity index (χ3n) is 4.21. The number of hydrogen-bond donors (Lipinski definition) is 1. The Kier molecular flexibility index (Phi) is 4.33. The number of aliphatic hydroxyl groups excluding tert-OH is 1. The Hall–Kier alpha value is -2.91. The van der Waals surface area contributed by atoms with Gasteiger partial charge in [-0.2, -0.15) is 0 Å². The van der Waals surface area contributed by atoms with E-state index in [4.69, 9.17) is 0 Å². The lowest BCUT2D eigenvalue weighted by molar-refractivity contribution is -0.117. The third kappa shape index (κ3) is 2.84. The average Bonchev–Trinajstić information content (AvgIpc) is 3.35. The lowest BCUT2D eigenvalue weighted by Crippen LogP contribution is -2.30. The molecule has 0 saturated carbocycles. The summed E-state index contributed by atoms with van der Waals surface area (Å²) >= 11 is 2.51. The molecule has 4 rings (SSSR count). The number of nitrogens with zero attached hydrogens (tertiary/aromatic N) is 4. The molecule has 1 atom stereocenters.